The molecule has 106 valence electrons. The minimum Gasteiger partial charge on any atom is -0.377 e. The molecule has 2 rings (SSSR count). The van der Waals surface area contributed by atoms with Crippen LogP contribution in [0.1, 0.15) is 33.1 Å². The van der Waals surface area contributed by atoms with E-state index >= 15 is 0 Å². The van der Waals surface area contributed by atoms with Crippen LogP contribution in [0.15, 0.2) is 18.3 Å². The summed E-state index contributed by atoms with van der Waals surface area (Å²) in [6.45, 7) is 7.35. The summed E-state index contributed by atoms with van der Waals surface area (Å²) in [5.74, 6) is 0.962. The third-order valence-corrected chi connectivity index (χ3v) is 3.82. The third kappa shape index (κ3) is 3.60. The molecule has 0 amide bonds. The van der Waals surface area contributed by atoms with Crippen molar-refractivity contribution in [3.05, 3.63) is 18.3 Å². The molecule has 1 aromatic heterocycles. The zero-order valence-electron chi connectivity index (χ0n) is 12.3. The summed E-state index contributed by atoms with van der Waals surface area (Å²) in [5, 5.41) is 3.34. The van der Waals surface area contributed by atoms with Crippen LogP contribution in [-0.4, -0.2) is 37.3 Å². The number of hydrogen-bond donors (Lipinski definition) is 1. The van der Waals surface area contributed by atoms with E-state index in [1.54, 1.807) is 0 Å². The molecule has 4 nitrogen and oxygen atoms in total. The number of aromatic nitrogens is 1. The van der Waals surface area contributed by atoms with Crippen LogP contribution in [0.3, 0.4) is 0 Å². The molecule has 0 saturated carbocycles. The first-order chi connectivity index (χ1) is 9.17. The minimum atomic E-state index is -0.0292. The van der Waals surface area contributed by atoms with Crippen LogP contribution in [0.4, 0.5) is 11.5 Å². The molecule has 1 saturated heterocycles. The van der Waals surface area contributed by atoms with Gasteiger partial charge in [-0.3, -0.25) is 0 Å². The molecule has 19 heavy (non-hydrogen) atoms. The monoisotopic (exact) mass is 263 g/mol. The van der Waals surface area contributed by atoms with E-state index in [1.165, 1.54) is 12.1 Å². The van der Waals surface area contributed by atoms with Crippen molar-refractivity contribution in [1.29, 1.82) is 0 Å². The predicted molar refractivity (Wildman–Crippen MR) is 79.9 cm³/mol. The summed E-state index contributed by atoms with van der Waals surface area (Å²) in [6, 6.07) is 4.22. The number of nitrogens with one attached hydrogen (secondary N) is 1. The fourth-order valence-electron chi connectivity index (χ4n) is 2.56. The molecule has 0 radical (unpaired) electrons. The number of methoxy groups -OCH3 is 1. The number of hydrogen-bond acceptors (Lipinski definition) is 4. The second-order valence-corrected chi connectivity index (χ2v) is 5.51. The molecule has 0 aliphatic carbocycles. The molecule has 0 aromatic carbocycles. The molecule has 1 atom stereocenters. The zero-order chi connectivity index (χ0) is 13.7. The maximum atomic E-state index is 5.65. The van der Waals surface area contributed by atoms with Crippen molar-refractivity contribution in [2.45, 2.75) is 38.7 Å². The lowest BCUT2D eigenvalue weighted by atomic mass is 9.94. The number of anilines is 2. The fraction of sp³-hybridized carbons (Fsp3) is 0.667. The lowest BCUT2D eigenvalue weighted by Gasteiger charge is -2.40. The Bertz CT molecular complexity index is 410. The van der Waals surface area contributed by atoms with Gasteiger partial charge in [0.2, 0.25) is 0 Å². The first kappa shape index (κ1) is 14.1. The van der Waals surface area contributed by atoms with Gasteiger partial charge in [0.15, 0.2) is 0 Å². The van der Waals surface area contributed by atoms with Gasteiger partial charge in [-0.15, -0.1) is 0 Å². The summed E-state index contributed by atoms with van der Waals surface area (Å²) in [6.07, 6.45) is 5.29. The van der Waals surface area contributed by atoms with E-state index in [2.05, 4.69) is 41.2 Å². The Morgan fingerprint density at radius 2 is 2.37 bits per heavy atom. The molecular weight excluding hydrogens is 238 g/mol. The van der Waals surface area contributed by atoms with E-state index in [4.69, 9.17) is 4.74 Å². The highest BCUT2D eigenvalue weighted by Gasteiger charge is 2.30. The number of nitrogens with zero attached hydrogens (tertiary/aromatic N) is 2. The molecule has 1 aliphatic rings. The predicted octanol–water partition coefficient (Wildman–Crippen LogP) is 2.91. The normalized spacial score (nSPS) is 23.4. The van der Waals surface area contributed by atoms with Gasteiger partial charge in [-0.1, -0.05) is 6.92 Å². The maximum absolute atomic E-state index is 5.65. The molecule has 0 bridgehead atoms. The van der Waals surface area contributed by atoms with E-state index in [-0.39, 0.29) is 5.60 Å². The lowest BCUT2D eigenvalue weighted by molar-refractivity contribution is -0.00465. The highest BCUT2D eigenvalue weighted by Crippen LogP contribution is 2.28. The van der Waals surface area contributed by atoms with E-state index in [0.717, 1.165) is 38.3 Å². The van der Waals surface area contributed by atoms with Gasteiger partial charge in [0.1, 0.15) is 5.82 Å². The van der Waals surface area contributed by atoms with Gasteiger partial charge in [0, 0.05) is 44.7 Å². The Hall–Kier alpha value is -1.29. The quantitative estimate of drug-likeness (QED) is 0.886. The van der Waals surface area contributed by atoms with Crippen LogP contribution in [-0.2, 0) is 4.74 Å². The van der Waals surface area contributed by atoms with Gasteiger partial charge in [-0.05, 0) is 32.3 Å². The molecule has 2 heterocycles. The number of rotatable bonds is 5. The van der Waals surface area contributed by atoms with Crippen molar-refractivity contribution in [2.75, 3.05) is 37.0 Å². The molecule has 0 spiro atoms. The lowest BCUT2D eigenvalue weighted by Crippen LogP contribution is -2.47. The number of ether oxygens (including phenoxy) is 1. The standard InChI is InChI=1S/C15H25N3O/c1-4-8-16-14-11-13(6-9-17-14)18-10-5-7-15(2,12-18)19-3/h6,9,11H,4-5,7-8,10,12H2,1-3H3,(H,16,17). The summed E-state index contributed by atoms with van der Waals surface area (Å²) in [7, 11) is 1.81. The smallest absolute Gasteiger partial charge is 0.127 e. The molecular formula is C15H25N3O. The molecule has 4 heteroatoms. The van der Waals surface area contributed by atoms with Gasteiger partial charge in [-0.2, -0.15) is 0 Å². The topological polar surface area (TPSA) is 37.4 Å². The molecule has 1 unspecified atom stereocenters. The van der Waals surface area contributed by atoms with Gasteiger partial charge in [-0.25, -0.2) is 4.98 Å². The van der Waals surface area contributed by atoms with Gasteiger partial charge in [0.25, 0.3) is 0 Å². The van der Waals surface area contributed by atoms with Crippen molar-refractivity contribution < 1.29 is 4.74 Å². The Morgan fingerprint density at radius 3 is 3.11 bits per heavy atom. The van der Waals surface area contributed by atoms with Crippen LogP contribution in [0.25, 0.3) is 0 Å². The molecule has 1 aliphatic heterocycles. The molecule has 1 N–H and O–H groups in total. The zero-order valence-corrected chi connectivity index (χ0v) is 12.3. The Balaban J connectivity index is 2.08. The SMILES string of the molecule is CCCNc1cc(N2CCCC(C)(OC)C2)ccn1. The second kappa shape index (κ2) is 6.24. The Morgan fingerprint density at radius 1 is 1.53 bits per heavy atom. The second-order valence-electron chi connectivity index (χ2n) is 5.51. The van der Waals surface area contributed by atoms with Crippen LogP contribution >= 0.6 is 0 Å². The number of piperidine rings is 1. The summed E-state index contributed by atoms with van der Waals surface area (Å²) >= 11 is 0. The summed E-state index contributed by atoms with van der Waals surface area (Å²) < 4.78 is 5.65. The molecule has 1 fully saturated rings. The third-order valence-electron chi connectivity index (χ3n) is 3.82. The van der Waals surface area contributed by atoms with E-state index in [9.17, 15) is 0 Å². The van der Waals surface area contributed by atoms with Crippen molar-refractivity contribution >= 4 is 11.5 Å². The van der Waals surface area contributed by atoms with E-state index < -0.39 is 0 Å². The Kier molecular flexibility index (Phi) is 4.64. The van der Waals surface area contributed by atoms with E-state index in [0.29, 0.717) is 0 Å². The van der Waals surface area contributed by atoms with Crippen LogP contribution in [0, 0.1) is 0 Å². The Labute approximate surface area is 116 Å². The van der Waals surface area contributed by atoms with E-state index in [1.807, 2.05) is 13.3 Å². The molecule has 1 aromatic rings. The van der Waals surface area contributed by atoms with Crippen molar-refractivity contribution in [3.8, 4) is 0 Å². The average Bonchev–Trinajstić information content (AvgIpc) is 2.45. The van der Waals surface area contributed by atoms with Crippen LogP contribution in [0.2, 0.25) is 0 Å². The van der Waals surface area contributed by atoms with Gasteiger partial charge in [0.05, 0.1) is 5.60 Å². The van der Waals surface area contributed by atoms with Crippen molar-refractivity contribution in [1.82, 2.24) is 4.98 Å². The van der Waals surface area contributed by atoms with Crippen molar-refractivity contribution in [2.24, 2.45) is 0 Å². The average molecular weight is 263 g/mol. The highest BCUT2D eigenvalue weighted by molar-refractivity contribution is 5.54. The van der Waals surface area contributed by atoms with Crippen LogP contribution < -0.4 is 10.2 Å². The first-order valence-electron chi connectivity index (χ1n) is 7.17. The maximum Gasteiger partial charge on any atom is 0.127 e. The van der Waals surface area contributed by atoms with Crippen molar-refractivity contribution in [3.63, 3.8) is 0 Å². The summed E-state index contributed by atoms with van der Waals surface area (Å²) in [4.78, 5) is 6.75. The first-order valence-corrected chi connectivity index (χ1v) is 7.17. The summed E-state index contributed by atoms with van der Waals surface area (Å²) in [5.41, 5.74) is 1.20. The highest BCUT2D eigenvalue weighted by atomic mass is 16.5. The van der Waals surface area contributed by atoms with Gasteiger partial charge < -0.3 is 15.0 Å². The fourth-order valence-corrected chi connectivity index (χ4v) is 2.56. The van der Waals surface area contributed by atoms with Crippen LogP contribution in [0.5, 0.6) is 0 Å². The largest absolute Gasteiger partial charge is 0.377 e. The number of pyridine rings is 1. The van der Waals surface area contributed by atoms with Gasteiger partial charge >= 0.3 is 0 Å². The minimum absolute atomic E-state index is 0.0292.